The van der Waals surface area contributed by atoms with E-state index in [4.69, 9.17) is 16.6 Å². The number of H-pyrrole nitrogens is 1. The Labute approximate surface area is 144 Å². The first kappa shape index (κ1) is 14.8. The van der Waals surface area contributed by atoms with Crippen LogP contribution in [0.1, 0.15) is 29.4 Å². The Balaban J connectivity index is 2.03. The van der Waals surface area contributed by atoms with Crippen molar-refractivity contribution in [3.8, 4) is 0 Å². The lowest BCUT2D eigenvalue weighted by Gasteiger charge is -2.12. The van der Waals surface area contributed by atoms with Gasteiger partial charge < -0.3 is 5.32 Å². The zero-order chi connectivity index (χ0) is 16.7. The predicted octanol–water partition coefficient (Wildman–Crippen LogP) is 3.95. The lowest BCUT2D eigenvalue weighted by molar-refractivity contribution is 1.03. The van der Waals surface area contributed by atoms with Gasteiger partial charge in [-0.1, -0.05) is 18.5 Å². The molecule has 4 rings (SSSR count). The fourth-order valence-corrected chi connectivity index (χ4v) is 2.89. The number of aryl methyl sites for hydroxylation is 2. The standard InChI is InChI=1S/C17H15ClN6/c1-3-10-6-11-14(8-20-10)21-17-15(9(2)23-24-17)22-16(11)12-7-19-5-4-13(12)18/h4-8H,3H2,1-2H3,(H2,21,23,24). The van der Waals surface area contributed by atoms with Gasteiger partial charge in [-0.3, -0.25) is 15.1 Å². The van der Waals surface area contributed by atoms with E-state index >= 15 is 0 Å². The van der Waals surface area contributed by atoms with Crippen molar-refractivity contribution in [3.05, 3.63) is 58.3 Å². The molecule has 3 aromatic rings. The van der Waals surface area contributed by atoms with E-state index < -0.39 is 0 Å². The number of anilines is 2. The molecule has 6 nitrogen and oxygen atoms in total. The molecular weight excluding hydrogens is 324 g/mol. The smallest absolute Gasteiger partial charge is 0.178 e. The minimum Gasteiger partial charge on any atom is -0.335 e. The second kappa shape index (κ2) is 5.72. The molecule has 1 aliphatic rings. The molecule has 0 aliphatic carbocycles. The number of fused-ring (bicyclic) bond motifs is 2. The van der Waals surface area contributed by atoms with Crippen LogP contribution in [0.15, 0.2) is 35.7 Å². The monoisotopic (exact) mass is 338 g/mol. The van der Waals surface area contributed by atoms with E-state index in [9.17, 15) is 0 Å². The number of hydrogen-bond donors (Lipinski definition) is 2. The summed E-state index contributed by atoms with van der Waals surface area (Å²) in [6.07, 6.45) is 6.05. The highest BCUT2D eigenvalue weighted by atomic mass is 35.5. The first-order chi connectivity index (χ1) is 11.7. The third kappa shape index (κ3) is 2.35. The van der Waals surface area contributed by atoms with Gasteiger partial charge in [0, 0.05) is 29.2 Å². The number of aliphatic imine (C=N–C) groups is 1. The maximum atomic E-state index is 6.41. The van der Waals surface area contributed by atoms with Crippen LogP contribution in [0, 0.1) is 6.92 Å². The Bertz CT molecular complexity index is 959. The summed E-state index contributed by atoms with van der Waals surface area (Å²) in [7, 11) is 0. The van der Waals surface area contributed by atoms with Crippen molar-refractivity contribution in [3.63, 3.8) is 0 Å². The maximum Gasteiger partial charge on any atom is 0.178 e. The number of hydrogen-bond acceptors (Lipinski definition) is 5. The zero-order valence-electron chi connectivity index (χ0n) is 13.3. The molecule has 0 amide bonds. The molecule has 3 aromatic heterocycles. The second-order valence-electron chi connectivity index (χ2n) is 5.56. The second-order valence-corrected chi connectivity index (χ2v) is 5.97. The third-order valence-electron chi connectivity index (χ3n) is 3.99. The number of nitrogens with one attached hydrogen (secondary N) is 2. The molecule has 4 heterocycles. The van der Waals surface area contributed by atoms with E-state index in [-0.39, 0.29) is 0 Å². The van der Waals surface area contributed by atoms with E-state index in [2.05, 4.69) is 32.4 Å². The van der Waals surface area contributed by atoms with Crippen molar-refractivity contribution >= 4 is 34.5 Å². The molecular formula is C17H15ClN6. The summed E-state index contributed by atoms with van der Waals surface area (Å²) >= 11 is 6.41. The van der Waals surface area contributed by atoms with Crippen molar-refractivity contribution in [2.75, 3.05) is 5.32 Å². The summed E-state index contributed by atoms with van der Waals surface area (Å²) in [5.74, 6) is 0.676. The van der Waals surface area contributed by atoms with Crippen molar-refractivity contribution in [2.24, 2.45) is 4.99 Å². The van der Waals surface area contributed by atoms with Crippen LogP contribution in [0.3, 0.4) is 0 Å². The molecule has 1 aliphatic heterocycles. The minimum absolute atomic E-state index is 0.606. The Morgan fingerprint density at radius 2 is 2.08 bits per heavy atom. The molecule has 0 fully saturated rings. The number of aromatic nitrogens is 4. The lowest BCUT2D eigenvalue weighted by atomic mass is 10.0. The molecule has 0 unspecified atom stereocenters. The minimum atomic E-state index is 0.606. The maximum absolute atomic E-state index is 6.41. The lowest BCUT2D eigenvalue weighted by Crippen LogP contribution is -2.08. The molecule has 0 saturated carbocycles. The topological polar surface area (TPSA) is 78.9 Å². The van der Waals surface area contributed by atoms with Crippen molar-refractivity contribution < 1.29 is 0 Å². The number of halogens is 1. The molecule has 7 heteroatoms. The van der Waals surface area contributed by atoms with Crippen molar-refractivity contribution in [1.82, 2.24) is 20.2 Å². The van der Waals surface area contributed by atoms with Crippen molar-refractivity contribution in [2.45, 2.75) is 20.3 Å². The summed E-state index contributed by atoms with van der Waals surface area (Å²) < 4.78 is 0. The number of rotatable bonds is 2. The Morgan fingerprint density at radius 3 is 2.88 bits per heavy atom. The van der Waals surface area contributed by atoms with Crippen LogP contribution in [0.4, 0.5) is 17.2 Å². The highest BCUT2D eigenvalue weighted by Crippen LogP contribution is 2.36. The Hall–Kier alpha value is -2.73. The summed E-state index contributed by atoms with van der Waals surface area (Å²) in [6, 6.07) is 3.80. The Kier molecular flexibility index (Phi) is 3.54. The summed E-state index contributed by atoms with van der Waals surface area (Å²) in [5, 5.41) is 11.2. The van der Waals surface area contributed by atoms with Crippen LogP contribution in [-0.2, 0) is 6.42 Å². The van der Waals surface area contributed by atoms with E-state index in [1.165, 1.54) is 0 Å². The van der Waals surface area contributed by atoms with Crippen LogP contribution in [0.25, 0.3) is 0 Å². The number of nitrogens with zero attached hydrogens (tertiary/aromatic N) is 4. The number of aromatic amines is 1. The summed E-state index contributed by atoms with van der Waals surface area (Å²) in [4.78, 5) is 13.5. The van der Waals surface area contributed by atoms with Crippen LogP contribution in [0.5, 0.6) is 0 Å². The van der Waals surface area contributed by atoms with E-state index in [1.54, 1.807) is 18.5 Å². The van der Waals surface area contributed by atoms with Gasteiger partial charge in [0.2, 0.25) is 0 Å². The van der Waals surface area contributed by atoms with Crippen molar-refractivity contribution in [1.29, 1.82) is 0 Å². The number of pyridine rings is 2. The molecule has 0 saturated heterocycles. The van der Waals surface area contributed by atoms with Gasteiger partial charge in [-0.15, -0.1) is 0 Å². The molecule has 0 bridgehead atoms. The molecule has 24 heavy (non-hydrogen) atoms. The fourth-order valence-electron chi connectivity index (χ4n) is 2.69. The van der Waals surface area contributed by atoms with Crippen LogP contribution < -0.4 is 5.32 Å². The first-order valence-corrected chi connectivity index (χ1v) is 8.05. The van der Waals surface area contributed by atoms with E-state index in [0.717, 1.165) is 46.0 Å². The molecule has 0 spiro atoms. The molecule has 0 atom stereocenters. The van der Waals surface area contributed by atoms with Gasteiger partial charge in [0.25, 0.3) is 0 Å². The van der Waals surface area contributed by atoms with E-state index in [0.29, 0.717) is 10.8 Å². The van der Waals surface area contributed by atoms with Gasteiger partial charge in [-0.25, -0.2) is 4.99 Å². The van der Waals surface area contributed by atoms with Crippen LogP contribution >= 0.6 is 11.6 Å². The SMILES string of the molecule is CCc1cc2c(cn1)Nc1n[nH]c(C)c1N=C2c1cnccc1Cl. The van der Waals surface area contributed by atoms with Gasteiger partial charge in [-0.05, 0) is 25.5 Å². The quantitative estimate of drug-likeness (QED) is 0.580. The molecule has 0 aromatic carbocycles. The summed E-state index contributed by atoms with van der Waals surface area (Å²) in [6.45, 7) is 4.01. The first-order valence-electron chi connectivity index (χ1n) is 7.67. The highest BCUT2D eigenvalue weighted by molar-refractivity contribution is 6.36. The van der Waals surface area contributed by atoms with Crippen LogP contribution in [-0.4, -0.2) is 25.9 Å². The fraction of sp³-hybridized carbons (Fsp3) is 0.176. The Morgan fingerprint density at radius 1 is 1.21 bits per heavy atom. The highest BCUT2D eigenvalue weighted by Gasteiger charge is 2.23. The van der Waals surface area contributed by atoms with Gasteiger partial charge in [0.1, 0.15) is 5.69 Å². The van der Waals surface area contributed by atoms with Gasteiger partial charge >= 0.3 is 0 Å². The molecule has 0 radical (unpaired) electrons. The molecule has 120 valence electrons. The van der Waals surface area contributed by atoms with E-state index in [1.807, 2.05) is 19.2 Å². The normalized spacial score (nSPS) is 12.7. The average Bonchev–Trinajstić information content (AvgIpc) is 2.85. The molecule has 2 N–H and O–H groups in total. The third-order valence-corrected chi connectivity index (χ3v) is 4.32. The largest absolute Gasteiger partial charge is 0.335 e. The predicted molar refractivity (Wildman–Crippen MR) is 94.8 cm³/mol. The van der Waals surface area contributed by atoms with Gasteiger partial charge in [0.15, 0.2) is 5.82 Å². The van der Waals surface area contributed by atoms with Crippen LogP contribution in [0.2, 0.25) is 5.02 Å². The summed E-state index contributed by atoms with van der Waals surface area (Å²) in [5.41, 5.74) is 5.96. The zero-order valence-corrected chi connectivity index (χ0v) is 14.0. The van der Waals surface area contributed by atoms with Gasteiger partial charge in [0.05, 0.1) is 28.3 Å². The average molecular weight is 339 g/mol. The van der Waals surface area contributed by atoms with Gasteiger partial charge in [-0.2, -0.15) is 5.10 Å².